The first kappa shape index (κ1) is 14.7. The number of fused-ring (bicyclic) bond motifs is 1. The van der Waals surface area contributed by atoms with Crippen molar-refractivity contribution in [3.05, 3.63) is 17.7 Å². The number of benzene rings is 1. The highest BCUT2D eigenvalue weighted by atomic mass is 16.5. The lowest BCUT2D eigenvalue weighted by molar-refractivity contribution is 0.0617. The number of carbonyl (C=O) groups excluding carboxylic acids is 1. The maximum atomic E-state index is 12.2. The molecule has 0 saturated carbocycles. The van der Waals surface area contributed by atoms with Crippen LogP contribution in [-0.4, -0.2) is 25.1 Å². The van der Waals surface area contributed by atoms with Gasteiger partial charge in [-0.25, -0.2) is 0 Å². The van der Waals surface area contributed by atoms with Crippen molar-refractivity contribution in [3.8, 4) is 17.2 Å². The van der Waals surface area contributed by atoms with Crippen LogP contribution in [0.2, 0.25) is 0 Å². The first-order valence-corrected chi connectivity index (χ1v) is 7.04. The molecule has 2 rings (SSSR count). The lowest BCUT2D eigenvalue weighted by Gasteiger charge is -2.32. The van der Waals surface area contributed by atoms with Crippen molar-refractivity contribution in [2.75, 3.05) is 13.7 Å². The molecule has 0 atom stereocenters. The molecule has 20 heavy (non-hydrogen) atoms. The van der Waals surface area contributed by atoms with Gasteiger partial charge < -0.3 is 14.2 Å². The molecule has 1 aliphatic rings. The van der Waals surface area contributed by atoms with Gasteiger partial charge >= 0.3 is 0 Å². The van der Waals surface area contributed by atoms with Crippen LogP contribution in [0.3, 0.4) is 0 Å². The summed E-state index contributed by atoms with van der Waals surface area (Å²) in [5.74, 6) is 1.87. The first-order valence-electron chi connectivity index (χ1n) is 7.04. The van der Waals surface area contributed by atoms with Crippen LogP contribution in [0.1, 0.15) is 50.4 Å². The van der Waals surface area contributed by atoms with Crippen molar-refractivity contribution in [1.82, 2.24) is 0 Å². The molecular formula is C16H22O4. The number of methoxy groups -OCH3 is 1. The Morgan fingerprint density at radius 3 is 2.70 bits per heavy atom. The minimum atomic E-state index is -0.473. The average Bonchev–Trinajstić information content (AvgIpc) is 2.37. The van der Waals surface area contributed by atoms with Gasteiger partial charge in [-0.2, -0.15) is 0 Å². The third-order valence-corrected chi connectivity index (χ3v) is 3.29. The first-order chi connectivity index (χ1) is 9.46. The van der Waals surface area contributed by atoms with E-state index in [2.05, 4.69) is 6.92 Å². The van der Waals surface area contributed by atoms with Crippen LogP contribution in [0.25, 0.3) is 0 Å². The van der Waals surface area contributed by atoms with Crippen molar-refractivity contribution in [1.29, 1.82) is 0 Å². The molecule has 0 fully saturated rings. The smallest absolute Gasteiger partial charge is 0.170 e. The van der Waals surface area contributed by atoms with Crippen molar-refractivity contribution >= 4 is 5.78 Å². The topological polar surface area (TPSA) is 44.8 Å². The second-order valence-electron chi connectivity index (χ2n) is 5.66. The maximum Gasteiger partial charge on any atom is 0.170 e. The Hall–Kier alpha value is -1.71. The summed E-state index contributed by atoms with van der Waals surface area (Å²) in [6.07, 6.45) is 2.42. The minimum absolute atomic E-state index is 0.0784. The molecule has 1 aromatic rings. The summed E-state index contributed by atoms with van der Waals surface area (Å²) in [5.41, 5.74) is 0.100. The number of hydrogen-bond donors (Lipinski definition) is 0. The molecule has 4 nitrogen and oxygen atoms in total. The van der Waals surface area contributed by atoms with Crippen LogP contribution in [-0.2, 0) is 0 Å². The number of unbranched alkanes of at least 4 members (excludes halogenated alkanes) is 1. The van der Waals surface area contributed by atoms with Gasteiger partial charge in [0.2, 0.25) is 0 Å². The van der Waals surface area contributed by atoms with Gasteiger partial charge in [0.1, 0.15) is 11.4 Å². The van der Waals surface area contributed by atoms with Gasteiger partial charge in [-0.05, 0) is 26.3 Å². The Morgan fingerprint density at radius 2 is 2.05 bits per heavy atom. The average molecular weight is 278 g/mol. The van der Waals surface area contributed by atoms with E-state index in [-0.39, 0.29) is 5.78 Å². The largest absolute Gasteiger partial charge is 0.493 e. The molecule has 0 aromatic heterocycles. The fourth-order valence-corrected chi connectivity index (χ4v) is 2.26. The SMILES string of the molecule is CCCCOc1cc2c(cc1OC)C(=O)CC(C)(C)O2. The Labute approximate surface area is 120 Å². The van der Waals surface area contributed by atoms with E-state index in [1.807, 2.05) is 13.8 Å². The zero-order chi connectivity index (χ0) is 14.8. The minimum Gasteiger partial charge on any atom is -0.493 e. The monoisotopic (exact) mass is 278 g/mol. The van der Waals surface area contributed by atoms with E-state index in [4.69, 9.17) is 14.2 Å². The molecule has 1 heterocycles. The van der Waals surface area contributed by atoms with Gasteiger partial charge in [0.15, 0.2) is 17.3 Å². The number of Topliss-reactive ketones (excluding diaryl/α,β-unsaturated/α-hetero) is 1. The molecule has 1 aromatic carbocycles. The molecule has 0 aliphatic carbocycles. The van der Waals surface area contributed by atoms with E-state index >= 15 is 0 Å². The molecule has 1 aliphatic heterocycles. The van der Waals surface area contributed by atoms with Crippen molar-refractivity contribution in [3.63, 3.8) is 0 Å². The predicted octanol–water partition coefficient (Wildman–Crippen LogP) is 3.62. The molecule has 0 unspecified atom stereocenters. The van der Waals surface area contributed by atoms with Gasteiger partial charge in [0, 0.05) is 6.07 Å². The van der Waals surface area contributed by atoms with Crippen LogP contribution >= 0.6 is 0 Å². The van der Waals surface area contributed by atoms with E-state index in [1.54, 1.807) is 19.2 Å². The number of carbonyl (C=O) groups is 1. The summed E-state index contributed by atoms with van der Waals surface area (Å²) in [5, 5.41) is 0. The zero-order valence-corrected chi connectivity index (χ0v) is 12.6. The van der Waals surface area contributed by atoms with E-state index in [1.165, 1.54) is 0 Å². The van der Waals surface area contributed by atoms with Gasteiger partial charge in [-0.3, -0.25) is 4.79 Å². The number of ether oxygens (including phenoxy) is 3. The number of rotatable bonds is 5. The van der Waals surface area contributed by atoms with E-state index in [0.29, 0.717) is 35.8 Å². The van der Waals surface area contributed by atoms with Crippen LogP contribution in [0.5, 0.6) is 17.2 Å². The summed E-state index contributed by atoms with van der Waals surface area (Å²) < 4.78 is 16.9. The summed E-state index contributed by atoms with van der Waals surface area (Å²) in [6.45, 7) is 6.56. The highest BCUT2D eigenvalue weighted by molar-refractivity contribution is 6.01. The molecule has 0 N–H and O–H groups in total. The van der Waals surface area contributed by atoms with E-state index in [9.17, 15) is 4.79 Å². The molecule has 4 heteroatoms. The van der Waals surface area contributed by atoms with Crippen molar-refractivity contribution in [2.24, 2.45) is 0 Å². The molecule has 0 bridgehead atoms. The normalized spacial score (nSPS) is 16.3. The molecular weight excluding hydrogens is 256 g/mol. The van der Waals surface area contributed by atoms with Gasteiger partial charge in [0.05, 0.1) is 25.7 Å². The summed E-state index contributed by atoms with van der Waals surface area (Å²) in [7, 11) is 1.58. The fraction of sp³-hybridized carbons (Fsp3) is 0.562. The van der Waals surface area contributed by atoms with E-state index in [0.717, 1.165) is 12.8 Å². The lowest BCUT2D eigenvalue weighted by Crippen LogP contribution is -2.35. The summed E-state index contributed by atoms with van der Waals surface area (Å²) in [6, 6.07) is 3.48. The standard InChI is InChI=1S/C16H22O4/c1-5-6-7-19-15-9-13-11(8-14(15)18-4)12(17)10-16(2,3)20-13/h8-9H,5-7,10H2,1-4H3. The third-order valence-electron chi connectivity index (χ3n) is 3.29. The van der Waals surface area contributed by atoms with Crippen LogP contribution in [0, 0.1) is 0 Å². The zero-order valence-electron chi connectivity index (χ0n) is 12.6. The van der Waals surface area contributed by atoms with Crippen LogP contribution in [0.4, 0.5) is 0 Å². The number of hydrogen-bond acceptors (Lipinski definition) is 4. The van der Waals surface area contributed by atoms with E-state index < -0.39 is 5.60 Å². The lowest BCUT2D eigenvalue weighted by atomic mass is 9.93. The molecule has 110 valence electrons. The van der Waals surface area contributed by atoms with Crippen LogP contribution < -0.4 is 14.2 Å². The second-order valence-corrected chi connectivity index (χ2v) is 5.66. The Morgan fingerprint density at radius 1 is 1.30 bits per heavy atom. The molecule has 0 saturated heterocycles. The van der Waals surface area contributed by atoms with Crippen molar-refractivity contribution < 1.29 is 19.0 Å². The quantitative estimate of drug-likeness (QED) is 0.772. The third kappa shape index (κ3) is 3.06. The summed E-state index contributed by atoms with van der Waals surface area (Å²) in [4.78, 5) is 12.2. The van der Waals surface area contributed by atoms with Crippen LogP contribution in [0.15, 0.2) is 12.1 Å². The summed E-state index contributed by atoms with van der Waals surface area (Å²) >= 11 is 0. The van der Waals surface area contributed by atoms with Crippen molar-refractivity contribution in [2.45, 2.75) is 45.6 Å². The Kier molecular flexibility index (Phi) is 4.21. The van der Waals surface area contributed by atoms with Gasteiger partial charge in [-0.15, -0.1) is 0 Å². The highest BCUT2D eigenvalue weighted by Gasteiger charge is 2.33. The predicted molar refractivity (Wildman–Crippen MR) is 77.1 cm³/mol. The highest BCUT2D eigenvalue weighted by Crippen LogP contribution is 2.40. The Balaban J connectivity index is 2.33. The second kappa shape index (κ2) is 5.73. The number of ketones is 1. The van der Waals surface area contributed by atoms with Gasteiger partial charge in [-0.1, -0.05) is 13.3 Å². The molecule has 0 amide bonds. The Bertz CT molecular complexity index is 505. The fourth-order valence-electron chi connectivity index (χ4n) is 2.26. The maximum absolute atomic E-state index is 12.2. The molecule has 0 spiro atoms. The molecule has 0 radical (unpaired) electrons. The van der Waals surface area contributed by atoms with Gasteiger partial charge in [0.25, 0.3) is 0 Å².